The van der Waals surface area contributed by atoms with Crippen LogP contribution in [-0.4, -0.2) is 65.9 Å². The number of carbonyl (C=O) groups is 2. The number of rotatable bonds is 8. The van der Waals surface area contributed by atoms with Gasteiger partial charge in [0.1, 0.15) is 5.75 Å². The lowest BCUT2D eigenvalue weighted by atomic mass is 10.1. The molecule has 2 amide bonds. The molecule has 1 aliphatic heterocycles. The molecule has 0 saturated carbocycles. The molecule has 1 N–H and O–H groups in total. The van der Waals surface area contributed by atoms with Crippen molar-refractivity contribution in [2.75, 3.05) is 39.3 Å². The van der Waals surface area contributed by atoms with Gasteiger partial charge in [0.2, 0.25) is 5.91 Å². The highest BCUT2D eigenvalue weighted by molar-refractivity contribution is 5.98. The summed E-state index contributed by atoms with van der Waals surface area (Å²) in [6.45, 7) is 5.21. The van der Waals surface area contributed by atoms with E-state index in [0.29, 0.717) is 50.6 Å². The summed E-state index contributed by atoms with van der Waals surface area (Å²) in [7, 11) is 0. The van der Waals surface area contributed by atoms with Crippen molar-refractivity contribution in [2.45, 2.75) is 13.5 Å². The second-order valence-corrected chi connectivity index (χ2v) is 7.20. The minimum Gasteiger partial charge on any atom is -0.493 e. The number of hydrogen-bond acceptors (Lipinski definition) is 6. The summed E-state index contributed by atoms with van der Waals surface area (Å²) in [4.78, 5) is 39.4. The van der Waals surface area contributed by atoms with Crippen molar-refractivity contribution in [1.82, 2.24) is 15.1 Å². The van der Waals surface area contributed by atoms with Crippen LogP contribution in [0.25, 0.3) is 0 Å². The standard InChI is InChI=1S/C22H26N4O5/c1-2-31-20-9-4-3-8-19(20)22(28)23-15-21(27)25-12-10-24(11-13-25)16-17-6-5-7-18(14-17)26(29)30/h3-9,14H,2,10-13,15-16H2,1H3,(H,23,28). The molecule has 9 heteroatoms. The lowest BCUT2D eigenvalue weighted by Crippen LogP contribution is -2.50. The van der Waals surface area contributed by atoms with Crippen LogP contribution in [0.3, 0.4) is 0 Å². The fraction of sp³-hybridized carbons (Fsp3) is 0.364. The first-order valence-electron chi connectivity index (χ1n) is 10.2. The summed E-state index contributed by atoms with van der Waals surface area (Å²) in [6, 6.07) is 13.5. The number of nitrogens with one attached hydrogen (secondary N) is 1. The zero-order chi connectivity index (χ0) is 22.2. The van der Waals surface area contributed by atoms with Crippen LogP contribution in [0.5, 0.6) is 5.75 Å². The van der Waals surface area contributed by atoms with Gasteiger partial charge in [-0.15, -0.1) is 0 Å². The van der Waals surface area contributed by atoms with Gasteiger partial charge in [0.25, 0.3) is 11.6 Å². The number of hydrogen-bond donors (Lipinski definition) is 1. The van der Waals surface area contributed by atoms with Crippen LogP contribution in [0.15, 0.2) is 48.5 Å². The van der Waals surface area contributed by atoms with E-state index < -0.39 is 4.92 Å². The fourth-order valence-corrected chi connectivity index (χ4v) is 3.48. The monoisotopic (exact) mass is 426 g/mol. The lowest BCUT2D eigenvalue weighted by molar-refractivity contribution is -0.384. The van der Waals surface area contributed by atoms with Crippen LogP contribution in [-0.2, 0) is 11.3 Å². The molecule has 2 aromatic rings. The van der Waals surface area contributed by atoms with E-state index in [1.807, 2.05) is 13.0 Å². The van der Waals surface area contributed by atoms with Crippen LogP contribution in [0.1, 0.15) is 22.8 Å². The minimum absolute atomic E-state index is 0.0768. The van der Waals surface area contributed by atoms with Gasteiger partial charge in [-0.3, -0.25) is 24.6 Å². The number of carbonyl (C=O) groups excluding carboxylic acids is 2. The van der Waals surface area contributed by atoms with Gasteiger partial charge in [0.05, 0.1) is 23.6 Å². The van der Waals surface area contributed by atoms with Crippen LogP contribution in [0.2, 0.25) is 0 Å². The third-order valence-corrected chi connectivity index (χ3v) is 5.08. The normalized spacial score (nSPS) is 14.2. The van der Waals surface area contributed by atoms with E-state index >= 15 is 0 Å². The molecule has 1 saturated heterocycles. The highest BCUT2D eigenvalue weighted by Crippen LogP contribution is 2.18. The van der Waals surface area contributed by atoms with Gasteiger partial charge in [-0.1, -0.05) is 24.3 Å². The first kappa shape index (κ1) is 22.2. The molecule has 31 heavy (non-hydrogen) atoms. The Morgan fingerprint density at radius 1 is 1.10 bits per heavy atom. The average Bonchev–Trinajstić information content (AvgIpc) is 2.78. The van der Waals surface area contributed by atoms with E-state index in [1.54, 1.807) is 41.3 Å². The maximum Gasteiger partial charge on any atom is 0.269 e. The van der Waals surface area contributed by atoms with Crippen molar-refractivity contribution in [1.29, 1.82) is 0 Å². The Kier molecular flexibility index (Phi) is 7.55. The van der Waals surface area contributed by atoms with E-state index in [1.165, 1.54) is 6.07 Å². The van der Waals surface area contributed by atoms with Crippen molar-refractivity contribution in [2.24, 2.45) is 0 Å². The smallest absolute Gasteiger partial charge is 0.269 e. The topological polar surface area (TPSA) is 105 Å². The molecule has 3 rings (SSSR count). The number of nitrogens with zero attached hydrogens (tertiary/aromatic N) is 3. The molecule has 0 unspecified atom stereocenters. The minimum atomic E-state index is -0.402. The Balaban J connectivity index is 1.47. The lowest BCUT2D eigenvalue weighted by Gasteiger charge is -2.34. The van der Waals surface area contributed by atoms with Crippen molar-refractivity contribution < 1.29 is 19.2 Å². The Bertz CT molecular complexity index is 941. The molecule has 0 aromatic heterocycles. The average molecular weight is 426 g/mol. The van der Waals surface area contributed by atoms with E-state index in [-0.39, 0.29) is 24.0 Å². The number of benzene rings is 2. The molecule has 0 bridgehead atoms. The summed E-state index contributed by atoms with van der Waals surface area (Å²) < 4.78 is 5.46. The second-order valence-electron chi connectivity index (χ2n) is 7.20. The zero-order valence-electron chi connectivity index (χ0n) is 17.5. The summed E-state index contributed by atoms with van der Waals surface area (Å²) in [6.07, 6.45) is 0. The molecule has 2 aromatic carbocycles. The summed E-state index contributed by atoms with van der Waals surface area (Å²) in [5, 5.41) is 13.6. The van der Waals surface area contributed by atoms with E-state index in [0.717, 1.165) is 5.56 Å². The van der Waals surface area contributed by atoms with Crippen molar-refractivity contribution in [3.8, 4) is 5.75 Å². The molecule has 1 fully saturated rings. The first-order valence-corrected chi connectivity index (χ1v) is 10.2. The third-order valence-electron chi connectivity index (χ3n) is 5.08. The van der Waals surface area contributed by atoms with Gasteiger partial charge in [-0.05, 0) is 24.6 Å². The predicted molar refractivity (Wildman–Crippen MR) is 115 cm³/mol. The second kappa shape index (κ2) is 10.5. The number of nitro benzene ring substituents is 1. The molecule has 0 atom stereocenters. The molecule has 0 radical (unpaired) electrons. The van der Waals surface area contributed by atoms with Gasteiger partial charge in [0, 0.05) is 44.9 Å². The molecule has 9 nitrogen and oxygen atoms in total. The molecular weight excluding hydrogens is 400 g/mol. The number of amides is 2. The molecule has 164 valence electrons. The molecule has 0 spiro atoms. The highest BCUT2D eigenvalue weighted by Gasteiger charge is 2.22. The van der Waals surface area contributed by atoms with E-state index in [9.17, 15) is 19.7 Å². The highest BCUT2D eigenvalue weighted by atomic mass is 16.6. The summed E-state index contributed by atoms with van der Waals surface area (Å²) in [5.74, 6) is 0.00339. The van der Waals surface area contributed by atoms with Crippen LogP contribution in [0.4, 0.5) is 5.69 Å². The molecular formula is C22H26N4O5. The molecule has 0 aliphatic carbocycles. The molecule has 1 heterocycles. The van der Waals surface area contributed by atoms with Crippen LogP contribution >= 0.6 is 0 Å². The Labute approximate surface area is 180 Å². The van der Waals surface area contributed by atoms with E-state index in [2.05, 4.69) is 10.2 Å². The van der Waals surface area contributed by atoms with Gasteiger partial charge in [0.15, 0.2) is 0 Å². The van der Waals surface area contributed by atoms with Gasteiger partial charge >= 0.3 is 0 Å². The van der Waals surface area contributed by atoms with Gasteiger partial charge < -0.3 is 15.0 Å². The number of nitro groups is 1. The molecule has 1 aliphatic rings. The SMILES string of the molecule is CCOc1ccccc1C(=O)NCC(=O)N1CCN(Cc2cccc([N+](=O)[O-])c2)CC1. The van der Waals surface area contributed by atoms with E-state index in [4.69, 9.17) is 4.74 Å². The third kappa shape index (κ3) is 6.02. The number of non-ortho nitro benzene ring substituents is 1. The maximum absolute atomic E-state index is 12.5. The Hall–Kier alpha value is -3.46. The Morgan fingerprint density at radius 3 is 2.55 bits per heavy atom. The Morgan fingerprint density at radius 2 is 1.84 bits per heavy atom. The van der Waals surface area contributed by atoms with Crippen molar-refractivity contribution >= 4 is 17.5 Å². The van der Waals surface area contributed by atoms with Crippen LogP contribution < -0.4 is 10.1 Å². The van der Waals surface area contributed by atoms with Crippen molar-refractivity contribution in [3.05, 3.63) is 69.8 Å². The van der Waals surface area contributed by atoms with Crippen LogP contribution in [0, 0.1) is 10.1 Å². The predicted octanol–water partition coefficient (Wildman–Crippen LogP) is 2.07. The largest absolute Gasteiger partial charge is 0.493 e. The zero-order valence-corrected chi connectivity index (χ0v) is 17.5. The summed E-state index contributed by atoms with van der Waals surface area (Å²) >= 11 is 0. The van der Waals surface area contributed by atoms with Gasteiger partial charge in [-0.2, -0.15) is 0 Å². The summed E-state index contributed by atoms with van der Waals surface area (Å²) in [5.41, 5.74) is 1.35. The fourth-order valence-electron chi connectivity index (χ4n) is 3.48. The number of piperazine rings is 1. The van der Waals surface area contributed by atoms with Gasteiger partial charge in [-0.25, -0.2) is 0 Å². The number of para-hydroxylation sites is 1. The number of ether oxygens (including phenoxy) is 1. The van der Waals surface area contributed by atoms with Crippen molar-refractivity contribution in [3.63, 3.8) is 0 Å². The first-order chi connectivity index (χ1) is 15.0. The quantitative estimate of drug-likeness (QED) is 0.512. The maximum atomic E-state index is 12.5.